The lowest BCUT2D eigenvalue weighted by Gasteiger charge is -2.27. The van der Waals surface area contributed by atoms with Crippen molar-refractivity contribution in [2.45, 2.75) is 327 Å². The lowest BCUT2D eigenvalue weighted by Crippen LogP contribution is -2.53. The molecule has 0 heterocycles. The second kappa shape index (κ2) is 56.9. The summed E-state index contributed by atoms with van der Waals surface area (Å²) in [5, 5.41) is 44.0. The number of nitrogens with one attached hydrogen (secondary N) is 1. The quantitative estimate of drug-likeness (QED) is 0.0308. The first-order valence-electron chi connectivity index (χ1n) is 30.2. The maximum Gasteiger partial charge on any atom is 0.249 e. The molecule has 0 aromatic rings. The van der Waals surface area contributed by atoms with Gasteiger partial charge >= 0.3 is 0 Å². The molecule has 0 saturated heterocycles. The van der Waals surface area contributed by atoms with E-state index in [1.54, 1.807) is 0 Å². The zero-order chi connectivity index (χ0) is 50.2. The van der Waals surface area contributed by atoms with Crippen molar-refractivity contribution in [1.29, 1.82) is 0 Å². The fourth-order valence-corrected chi connectivity index (χ4v) is 9.18. The van der Waals surface area contributed by atoms with Crippen LogP contribution in [0, 0.1) is 0 Å². The van der Waals surface area contributed by atoms with Crippen LogP contribution in [-0.2, 0) is 4.79 Å². The summed E-state index contributed by atoms with van der Waals surface area (Å²) in [7, 11) is 0. The minimum atomic E-state index is -1.30. The van der Waals surface area contributed by atoms with Crippen LogP contribution in [0.25, 0.3) is 0 Å². The first kappa shape index (κ1) is 67.0. The van der Waals surface area contributed by atoms with Crippen LogP contribution in [0.5, 0.6) is 0 Å². The summed E-state index contributed by atoms with van der Waals surface area (Å²) >= 11 is 0. The van der Waals surface area contributed by atoms with Crippen molar-refractivity contribution >= 4 is 5.91 Å². The fourth-order valence-electron chi connectivity index (χ4n) is 9.18. The summed E-state index contributed by atoms with van der Waals surface area (Å²) in [5.41, 5.74) is 0. The number of rotatable bonds is 55. The Morgan fingerprint density at radius 3 is 1.00 bits per heavy atom. The van der Waals surface area contributed by atoms with Gasteiger partial charge in [0.05, 0.1) is 18.8 Å². The number of carbonyl (C=O) groups excluding carboxylic acids is 1. The van der Waals surface area contributed by atoms with Gasteiger partial charge in [-0.15, -0.1) is 0 Å². The van der Waals surface area contributed by atoms with Crippen molar-refractivity contribution in [2.24, 2.45) is 0 Å². The zero-order valence-electron chi connectivity index (χ0n) is 45.8. The molecule has 0 fully saturated rings. The Morgan fingerprint density at radius 1 is 0.362 bits per heavy atom. The molecule has 6 nitrogen and oxygen atoms in total. The van der Waals surface area contributed by atoms with E-state index in [9.17, 15) is 25.2 Å². The first-order valence-corrected chi connectivity index (χ1v) is 30.2. The number of hydrogen-bond acceptors (Lipinski definition) is 5. The van der Waals surface area contributed by atoms with Crippen LogP contribution in [0.1, 0.15) is 303 Å². The summed E-state index contributed by atoms with van der Waals surface area (Å²) < 4.78 is 0. The predicted octanol–water partition coefficient (Wildman–Crippen LogP) is 17.9. The number of allylic oxidation sites excluding steroid dienone is 10. The van der Waals surface area contributed by atoms with Gasteiger partial charge in [-0.05, 0) is 96.3 Å². The summed E-state index contributed by atoms with van der Waals surface area (Å²) in [6.45, 7) is 4.06. The van der Waals surface area contributed by atoms with Gasteiger partial charge in [0.15, 0.2) is 0 Å². The fraction of sp³-hybridized carbons (Fsp3) is 0.825. The average Bonchev–Trinajstić information content (AvgIpc) is 3.35. The van der Waals surface area contributed by atoms with Crippen molar-refractivity contribution < 1.29 is 25.2 Å². The van der Waals surface area contributed by atoms with Crippen LogP contribution < -0.4 is 5.32 Å². The third-order valence-corrected chi connectivity index (χ3v) is 13.9. The summed E-state index contributed by atoms with van der Waals surface area (Å²) in [5.74, 6) is -0.598. The molecule has 0 aliphatic carbocycles. The molecule has 6 heteroatoms. The van der Waals surface area contributed by atoms with Crippen LogP contribution in [0.4, 0.5) is 0 Å². The second-order valence-electron chi connectivity index (χ2n) is 20.7. The molecule has 5 N–H and O–H groups in total. The van der Waals surface area contributed by atoms with E-state index in [4.69, 9.17) is 0 Å². The maximum atomic E-state index is 12.6. The van der Waals surface area contributed by atoms with Crippen molar-refractivity contribution in [2.75, 3.05) is 6.61 Å². The molecule has 0 spiro atoms. The Balaban J connectivity index is 3.68. The Morgan fingerprint density at radius 2 is 0.652 bits per heavy atom. The third kappa shape index (κ3) is 50.7. The van der Waals surface area contributed by atoms with E-state index in [2.05, 4.69) is 79.9 Å². The van der Waals surface area contributed by atoms with Gasteiger partial charge in [-0.2, -0.15) is 0 Å². The molecule has 4 atom stereocenters. The highest BCUT2D eigenvalue weighted by Gasteiger charge is 2.28. The molecular weight excluding hydrogens is 851 g/mol. The molecule has 69 heavy (non-hydrogen) atoms. The minimum absolute atomic E-state index is 0.357. The predicted molar refractivity (Wildman–Crippen MR) is 302 cm³/mol. The lowest BCUT2D eigenvalue weighted by atomic mass is 10.00. The average molecular weight is 969 g/mol. The molecule has 0 aromatic carbocycles. The van der Waals surface area contributed by atoms with Gasteiger partial charge in [-0.25, -0.2) is 0 Å². The highest BCUT2D eigenvalue weighted by atomic mass is 16.3. The van der Waals surface area contributed by atoms with Gasteiger partial charge in [0, 0.05) is 0 Å². The first-order chi connectivity index (χ1) is 34.0. The van der Waals surface area contributed by atoms with Gasteiger partial charge in [-0.3, -0.25) is 4.79 Å². The second-order valence-corrected chi connectivity index (χ2v) is 20.7. The van der Waals surface area contributed by atoms with E-state index in [-0.39, 0.29) is 0 Å². The van der Waals surface area contributed by atoms with Gasteiger partial charge in [0.1, 0.15) is 12.2 Å². The molecule has 0 bridgehead atoms. The topological polar surface area (TPSA) is 110 Å². The minimum Gasteiger partial charge on any atom is -0.394 e. The number of aliphatic hydroxyl groups excluding tert-OH is 4. The number of carbonyl (C=O) groups is 1. The molecule has 404 valence electrons. The van der Waals surface area contributed by atoms with E-state index in [0.29, 0.717) is 19.3 Å². The molecular formula is C63H117NO5. The van der Waals surface area contributed by atoms with Crippen molar-refractivity contribution in [3.8, 4) is 0 Å². The van der Waals surface area contributed by atoms with Gasteiger partial charge in [-0.1, -0.05) is 267 Å². The Labute approximate surface area is 429 Å². The molecule has 0 rings (SSSR count). The van der Waals surface area contributed by atoms with Gasteiger partial charge in [0.25, 0.3) is 0 Å². The van der Waals surface area contributed by atoms with E-state index in [0.717, 1.165) is 57.8 Å². The monoisotopic (exact) mass is 968 g/mol. The number of unbranched alkanes of at least 4 members (excludes halogenated alkanes) is 36. The van der Waals surface area contributed by atoms with Crippen LogP contribution in [0.15, 0.2) is 60.8 Å². The number of hydrogen-bond donors (Lipinski definition) is 5. The zero-order valence-corrected chi connectivity index (χ0v) is 45.8. The van der Waals surface area contributed by atoms with Crippen LogP contribution in [0.3, 0.4) is 0 Å². The van der Waals surface area contributed by atoms with Gasteiger partial charge in [0.2, 0.25) is 5.91 Å². The molecule has 4 unspecified atom stereocenters. The van der Waals surface area contributed by atoms with E-state index in [1.807, 2.05) is 0 Å². The van der Waals surface area contributed by atoms with E-state index >= 15 is 0 Å². The summed E-state index contributed by atoms with van der Waals surface area (Å²) in [6.07, 6.45) is 74.4. The smallest absolute Gasteiger partial charge is 0.249 e. The largest absolute Gasteiger partial charge is 0.394 e. The standard InChI is InChI=1S/C63H117NO5/c1-3-5-7-9-11-13-15-17-19-21-23-25-27-28-29-30-31-32-33-35-37-39-41-43-45-47-49-51-53-55-57-61(67)63(69)64-59(58-65)62(68)60(66)56-54-52-50-48-46-44-42-40-38-36-34-26-24-22-20-18-16-14-12-10-8-6-4-2/h23,25-26,28-29,34,40,42,48,50,59-62,65-68H,3-22,24,27,30-33,35-39,41,43-47,49,51-58H2,1-2H3,(H,64,69)/b25-23-,29-28-,34-26+,42-40+,50-48+. The lowest BCUT2D eigenvalue weighted by molar-refractivity contribution is -0.132. The SMILES string of the molecule is CCCCCCCCCCC/C=C\C/C=C\CCCCCCCCCCCCCCCCC(O)C(=O)NC(CO)C(O)C(O)CCC/C=C/CC/C=C/CC/C=C/CCCCCCCCCCCC. The molecule has 0 aromatic heterocycles. The van der Waals surface area contributed by atoms with E-state index < -0.39 is 36.9 Å². The molecule has 0 radical (unpaired) electrons. The van der Waals surface area contributed by atoms with Crippen molar-refractivity contribution in [3.63, 3.8) is 0 Å². The molecule has 0 saturated carbocycles. The normalized spacial score (nSPS) is 14.1. The molecule has 0 aliphatic rings. The summed E-state index contributed by atoms with van der Waals surface area (Å²) in [4.78, 5) is 12.6. The van der Waals surface area contributed by atoms with Crippen LogP contribution in [-0.4, -0.2) is 57.3 Å². The van der Waals surface area contributed by atoms with Gasteiger partial charge < -0.3 is 25.7 Å². The summed E-state index contributed by atoms with van der Waals surface area (Å²) in [6, 6.07) is -1.02. The maximum absolute atomic E-state index is 12.6. The Bertz CT molecular complexity index is 1180. The third-order valence-electron chi connectivity index (χ3n) is 13.9. The van der Waals surface area contributed by atoms with Crippen LogP contribution >= 0.6 is 0 Å². The number of amides is 1. The van der Waals surface area contributed by atoms with Crippen LogP contribution in [0.2, 0.25) is 0 Å². The number of aliphatic hydroxyl groups is 4. The van der Waals surface area contributed by atoms with E-state index in [1.165, 1.54) is 212 Å². The highest BCUT2D eigenvalue weighted by molar-refractivity contribution is 5.80. The highest BCUT2D eigenvalue weighted by Crippen LogP contribution is 2.17. The molecule has 0 aliphatic heterocycles. The van der Waals surface area contributed by atoms with Crippen molar-refractivity contribution in [1.82, 2.24) is 5.32 Å². The Kier molecular flexibility index (Phi) is 55.3. The van der Waals surface area contributed by atoms with Crippen molar-refractivity contribution in [3.05, 3.63) is 60.8 Å². The Hall–Kier alpha value is -1.99. The molecule has 1 amide bonds.